The van der Waals surface area contributed by atoms with Crippen LogP contribution >= 0.6 is 22.6 Å². The maximum atomic E-state index is 6.04. The van der Waals surface area contributed by atoms with E-state index < -0.39 is 0 Å². The summed E-state index contributed by atoms with van der Waals surface area (Å²) >= 11 is 2.22. The van der Waals surface area contributed by atoms with E-state index in [0.29, 0.717) is 5.82 Å². The summed E-state index contributed by atoms with van der Waals surface area (Å²) in [6.45, 7) is 2.04. The van der Waals surface area contributed by atoms with Crippen molar-refractivity contribution in [3.05, 3.63) is 33.9 Å². The van der Waals surface area contributed by atoms with Crippen LogP contribution in [0.25, 0.3) is 11.3 Å². The highest BCUT2D eigenvalue weighted by atomic mass is 127. The Bertz CT molecular complexity index is 579. The van der Waals surface area contributed by atoms with E-state index in [1.807, 2.05) is 18.2 Å². The number of nitrogen functional groups attached to an aromatic ring is 1. The number of nitrogens with zero attached hydrogens (tertiary/aromatic N) is 3. The number of hydrogen-bond donors (Lipinski definition) is 1. The Kier molecular flexibility index (Phi) is 3.54. The van der Waals surface area contributed by atoms with Crippen molar-refractivity contribution in [3.63, 3.8) is 0 Å². The van der Waals surface area contributed by atoms with Crippen LogP contribution in [0, 0.1) is 3.57 Å². The van der Waals surface area contributed by atoms with Crippen LogP contribution in [-0.4, -0.2) is 23.1 Å². The van der Waals surface area contributed by atoms with Crippen molar-refractivity contribution in [2.45, 2.75) is 12.8 Å². The molecule has 0 atom stereocenters. The summed E-state index contributed by atoms with van der Waals surface area (Å²) in [6.07, 6.45) is 2.41. The summed E-state index contributed by atoms with van der Waals surface area (Å²) in [6, 6.07) is 10.1. The van der Waals surface area contributed by atoms with Crippen LogP contribution in [0.4, 0.5) is 11.8 Å². The molecule has 0 aliphatic carbocycles. The van der Waals surface area contributed by atoms with E-state index in [0.717, 1.165) is 33.9 Å². The average Bonchev–Trinajstić information content (AvgIpc) is 2.97. The van der Waals surface area contributed by atoms with Gasteiger partial charge in [0.2, 0.25) is 5.95 Å². The van der Waals surface area contributed by atoms with E-state index in [1.54, 1.807) is 0 Å². The topological polar surface area (TPSA) is 55.0 Å². The Morgan fingerprint density at radius 3 is 2.42 bits per heavy atom. The first-order valence-corrected chi connectivity index (χ1v) is 7.47. The molecule has 2 N–H and O–H groups in total. The lowest BCUT2D eigenvalue weighted by atomic mass is 10.1. The monoisotopic (exact) mass is 366 g/mol. The van der Waals surface area contributed by atoms with Crippen molar-refractivity contribution in [1.29, 1.82) is 0 Å². The molecule has 2 aromatic rings. The Morgan fingerprint density at radius 2 is 1.74 bits per heavy atom. The minimum atomic E-state index is 0.566. The van der Waals surface area contributed by atoms with Crippen molar-refractivity contribution in [3.8, 4) is 11.3 Å². The summed E-state index contributed by atoms with van der Waals surface area (Å²) in [4.78, 5) is 11.3. The molecule has 0 saturated carbocycles. The highest BCUT2D eigenvalue weighted by molar-refractivity contribution is 14.1. The zero-order valence-electron chi connectivity index (χ0n) is 10.5. The minimum absolute atomic E-state index is 0.566. The number of aromatic nitrogens is 2. The van der Waals surface area contributed by atoms with Crippen molar-refractivity contribution in [2.75, 3.05) is 23.7 Å². The molecule has 3 rings (SSSR count). The van der Waals surface area contributed by atoms with Crippen molar-refractivity contribution in [2.24, 2.45) is 0 Å². The summed E-state index contributed by atoms with van der Waals surface area (Å²) in [5.74, 6) is 1.32. The van der Waals surface area contributed by atoms with E-state index >= 15 is 0 Å². The zero-order chi connectivity index (χ0) is 13.2. The van der Waals surface area contributed by atoms with Gasteiger partial charge in [-0.3, -0.25) is 0 Å². The summed E-state index contributed by atoms with van der Waals surface area (Å²) < 4.78 is 0.923. The predicted molar refractivity (Wildman–Crippen MR) is 86.0 cm³/mol. The molecule has 5 heteroatoms. The molecule has 4 nitrogen and oxygen atoms in total. The quantitative estimate of drug-likeness (QED) is 0.831. The van der Waals surface area contributed by atoms with Crippen molar-refractivity contribution in [1.82, 2.24) is 9.97 Å². The third-order valence-electron chi connectivity index (χ3n) is 3.30. The second kappa shape index (κ2) is 5.32. The van der Waals surface area contributed by atoms with E-state index in [1.165, 1.54) is 12.8 Å². The molecule has 1 aromatic carbocycles. The first-order valence-electron chi connectivity index (χ1n) is 6.39. The minimum Gasteiger partial charge on any atom is -0.383 e. The van der Waals surface area contributed by atoms with Gasteiger partial charge in [0, 0.05) is 18.7 Å². The van der Waals surface area contributed by atoms with Crippen LogP contribution in [-0.2, 0) is 0 Å². The largest absolute Gasteiger partial charge is 0.383 e. The van der Waals surface area contributed by atoms with Gasteiger partial charge in [-0.05, 0) is 35.4 Å². The predicted octanol–water partition coefficient (Wildman–Crippen LogP) is 2.93. The van der Waals surface area contributed by atoms with E-state index in [2.05, 4.69) is 44.6 Å². The number of halogens is 1. The number of hydrogen-bond acceptors (Lipinski definition) is 4. The molecule has 1 aromatic heterocycles. The molecule has 0 spiro atoms. The van der Waals surface area contributed by atoms with Crippen LogP contribution in [0.3, 0.4) is 0 Å². The van der Waals surface area contributed by atoms with Gasteiger partial charge in [-0.25, -0.2) is 4.98 Å². The molecular weight excluding hydrogens is 351 g/mol. The third-order valence-corrected chi connectivity index (χ3v) is 4.36. The summed E-state index contributed by atoms with van der Waals surface area (Å²) in [7, 11) is 0. The van der Waals surface area contributed by atoms with Crippen LogP contribution < -0.4 is 10.6 Å². The second-order valence-corrected chi connectivity index (χ2v) is 5.71. The van der Waals surface area contributed by atoms with E-state index in [-0.39, 0.29) is 0 Å². The molecule has 0 unspecified atom stereocenters. The number of rotatable bonds is 2. The Labute approximate surface area is 126 Å². The van der Waals surface area contributed by atoms with Gasteiger partial charge in [-0.15, -0.1) is 0 Å². The zero-order valence-corrected chi connectivity index (χ0v) is 12.7. The average molecular weight is 366 g/mol. The highest BCUT2D eigenvalue weighted by Crippen LogP contribution is 2.29. The normalized spacial score (nSPS) is 14.9. The van der Waals surface area contributed by atoms with Crippen LogP contribution in [0.2, 0.25) is 0 Å². The smallest absolute Gasteiger partial charge is 0.227 e. The fourth-order valence-electron chi connectivity index (χ4n) is 2.30. The lowest BCUT2D eigenvalue weighted by Gasteiger charge is -2.17. The fraction of sp³-hybridized carbons (Fsp3) is 0.286. The van der Waals surface area contributed by atoms with Crippen LogP contribution in [0.15, 0.2) is 30.3 Å². The molecule has 1 fully saturated rings. The number of nitrogens with two attached hydrogens (primary N) is 1. The Hall–Kier alpha value is -1.37. The molecule has 0 radical (unpaired) electrons. The van der Waals surface area contributed by atoms with Crippen LogP contribution in [0.1, 0.15) is 12.8 Å². The van der Waals surface area contributed by atoms with Crippen LogP contribution in [0.5, 0.6) is 0 Å². The van der Waals surface area contributed by atoms with Gasteiger partial charge in [0.15, 0.2) is 0 Å². The number of anilines is 2. The molecule has 1 aliphatic heterocycles. The summed E-state index contributed by atoms with van der Waals surface area (Å²) in [5.41, 5.74) is 8.05. The standard InChI is InChI=1S/C14H15IN4/c15-11-12(10-6-2-1-3-7-10)17-14(18-13(11)16)19-8-4-5-9-19/h1-3,6-7H,4-5,8-9H2,(H2,16,17,18). The lowest BCUT2D eigenvalue weighted by Crippen LogP contribution is -2.21. The maximum Gasteiger partial charge on any atom is 0.227 e. The second-order valence-electron chi connectivity index (χ2n) is 4.63. The lowest BCUT2D eigenvalue weighted by molar-refractivity contribution is 0.900. The van der Waals surface area contributed by atoms with Gasteiger partial charge >= 0.3 is 0 Å². The van der Waals surface area contributed by atoms with Gasteiger partial charge in [-0.2, -0.15) is 4.98 Å². The molecule has 19 heavy (non-hydrogen) atoms. The molecular formula is C14H15IN4. The molecule has 1 aliphatic rings. The number of benzene rings is 1. The Balaban J connectivity index is 2.08. The van der Waals surface area contributed by atoms with Crippen molar-refractivity contribution >= 4 is 34.4 Å². The Morgan fingerprint density at radius 1 is 1.05 bits per heavy atom. The maximum absolute atomic E-state index is 6.04. The van der Waals surface area contributed by atoms with Gasteiger partial charge < -0.3 is 10.6 Å². The SMILES string of the molecule is Nc1nc(N2CCCC2)nc(-c2ccccc2)c1I. The first-order chi connectivity index (χ1) is 9.25. The van der Waals surface area contributed by atoms with Gasteiger partial charge in [0.05, 0.1) is 9.26 Å². The van der Waals surface area contributed by atoms with E-state index in [9.17, 15) is 0 Å². The van der Waals surface area contributed by atoms with Gasteiger partial charge in [-0.1, -0.05) is 30.3 Å². The fourth-order valence-corrected chi connectivity index (χ4v) is 2.85. The summed E-state index contributed by atoms with van der Waals surface area (Å²) in [5, 5.41) is 0. The van der Waals surface area contributed by atoms with Crippen molar-refractivity contribution < 1.29 is 0 Å². The van der Waals surface area contributed by atoms with Gasteiger partial charge in [0.1, 0.15) is 5.82 Å². The van der Waals surface area contributed by atoms with E-state index in [4.69, 9.17) is 10.7 Å². The molecule has 2 heterocycles. The molecule has 98 valence electrons. The molecule has 0 amide bonds. The van der Waals surface area contributed by atoms with Gasteiger partial charge in [0.25, 0.3) is 0 Å². The third kappa shape index (κ3) is 2.51. The molecule has 0 bridgehead atoms. The highest BCUT2D eigenvalue weighted by Gasteiger charge is 2.18. The molecule has 1 saturated heterocycles. The first kappa shape index (κ1) is 12.7.